The van der Waals surface area contributed by atoms with Crippen molar-refractivity contribution >= 4 is 23.2 Å². The zero-order chi connectivity index (χ0) is 28.3. The Bertz CT molecular complexity index is 1270. The van der Waals surface area contributed by atoms with E-state index in [1.807, 2.05) is 72.8 Å². The fourth-order valence-electron chi connectivity index (χ4n) is 5.66. The highest BCUT2D eigenvalue weighted by molar-refractivity contribution is 6.30. The van der Waals surface area contributed by atoms with Crippen LogP contribution in [-0.2, 0) is 26.5 Å². The Morgan fingerprint density at radius 1 is 0.975 bits per heavy atom. The van der Waals surface area contributed by atoms with E-state index in [4.69, 9.17) is 21.1 Å². The lowest BCUT2D eigenvalue weighted by atomic mass is 9.84. The molecule has 2 aliphatic heterocycles. The van der Waals surface area contributed by atoms with Gasteiger partial charge in [-0.1, -0.05) is 67.1 Å². The largest absolute Gasteiger partial charge is 0.392 e. The van der Waals surface area contributed by atoms with Gasteiger partial charge in [0, 0.05) is 48.7 Å². The van der Waals surface area contributed by atoms with Gasteiger partial charge in [0.05, 0.1) is 24.4 Å². The lowest BCUT2D eigenvalue weighted by molar-refractivity contribution is -0.277. The van der Waals surface area contributed by atoms with Crippen LogP contribution < -0.4 is 5.32 Å². The first kappa shape index (κ1) is 28.7. The Morgan fingerprint density at radius 2 is 1.60 bits per heavy atom. The van der Waals surface area contributed by atoms with Crippen LogP contribution in [0.3, 0.4) is 0 Å². The van der Waals surface area contributed by atoms with Crippen LogP contribution in [0.5, 0.6) is 0 Å². The number of hydrogen-bond donors (Lipinski definition) is 3. The van der Waals surface area contributed by atoms with E-state index in [1.54, 1.807) is 0 Å². The third-order valence-electron chi connectivity index (χ3n) is 8.13. The van der Waals surface area contributed by atoms with Gasteiger partial charge in [-0.05, 0) is 53.8 Å². The van der Waals surface area contributed by atoms with Crippen LogP contribution in [0.15, 0.2) is 72.8 Å². The van der Waals surface area contributed by atoms with Crippen LogP contribution in [0.2, 0.25) is 5.02 Å². The van der Waals surface area contributed by atoms with Crippen molar-refractivity contribution in [2.45, 2.75) is 57.4 Å². The van der Waals surface area contributed by atoms with Gasteiger partial charge in [-0.3, -0.25) is 4.79 Å². The molecule has 0 spiro atoms. The average Bonchev–Trinajstić information content (AvgIpc) is 2.96. The molecule has 1 amide bonds. The molecule has 2 heterocycles. The Balaban J connectivity index is 1.32. The molecule has 2 aliphatic rings. The average molecular weight is 565 g/mol. The zero-order valence-corrected chi connectivity index (χ0v) is 23.7. The minimum Gasteiger partial charge on any atom is -0.392 e. The summed E-state index contributed by atoms with van der Waals surface area (Å²) in [5.74, 6) is -0.0605. The maximum atomic E-state index is 11.4. The fourth-order valence-corrected chi connectivity index (χ4v) is 5.79. The van der Waals surface area contributed by atoms with Crippen molar-refractivity contribution < 1.29 is 24.5 Å². The number of benzene rings is 3. The maximum Gasteiger partial charge on any atom is 0.221 e. The van der Waals surface area contributed by atoms with E-state index in [1.165, 1.54) is 6.92 Å². The first-order valence-corrected chi connectivity index (χ1v) is 14.2. The standard InChI is InChI=1S/C32H37ClN2O5/c1-21-29(19-35-17-15-32(38,16-18-35)26-9-11-27(33)12-10-26)39-31(25-7-13-28(14-8-25)34-22(2)37)40-30(21)24-5-3-23(20-36)4-6-24/h3-14,21,29-31,36,38H,15-20H2,1-2H3,(H,34,37). The summed E-state index contributed by atoms with van der Waals surface area (Å²) in [5.41, 5.74) is 3.52. The second-order valence-electron chi connectivity index (χ2n) is 11.0. The van der Waals surface area contributed by atoms with Crippen LogP contribution in [0, 0.1) is 5.92 Å². The van der Waals surface area contributed by atoms with Crippen LogP contribution in [-0.4, -0.2) is 46.8 Å². The Hall–Kier alpha value is -2.78. The predicted molar refractivity (Wildman–Crippen MR) is 155 cm³/mol. The molecule has 3 aromatic carbocycles. The summed E-state index contributed by atoms with van der Waals surface area (Å²) in [7, 11) is 0. The predicted octanol–water partition coefficient (Wildman–Crippen LogP) is 5.57. The smallest absolute Gasteiger partial charge is 0.221 e. The number of piperidine rings is 1. The van der Waals surface area contributed by atoms with E-state index < -0.39 is 11.9 Å². The molecule has 5 rings (SSSR count). The summed E-state index contributed by atoms with van der Waals surface area (Å²) in [4.78, 5) is 13.8. The van der Waals surface area contributed by atoms with Gasteiger partial charge in [0.2, 0.25) is 5.91 Å². The summed E-state index contributed by atoms with van der Waals surface area (Å²) < 4.78 is 13.1. The van der Waals surface area contributed by atoms with Crippen LogP contribution >= 0.6 is 11.6 Å². The van der Waals surface area contributed by atoms with E-state index in [2.05, 4.69) is 17.1 Å². The van der Waals surface area contributed by atoms with Gasteiger partial charge in [-0.15, -0.1) is 0 Å². The molecule has 4 unspecified atom stereocenters. The Labute approximate surface area is 240 Å². The van der Waals surface area contributed by atoms with E-state index in [9.17, 15) is 15.0 Å². The van der Waals surface area contributed by atoms with Crippen LogP contribution in [0.1, 0.15) is 61.3 Å². The monoisotopic (exact) mass is 564 g/mol. The lowest BCUT2D eigenvalue weighted by Gasteiger charge is -2.45. The molecule has 3 aromatic rings. The third kappa shape index (κ3) is 6.57. The number of hydrogen-bond acceptors (Lipinski definition) is 6. The van der Waals surface area contributed by atoms with Gasteiger partial charge in [0.15, 0.2) is 6.29 Å². The third-order valence-corrected chi connectivity index (χ3v) is 8.38. The Morgan fingerprint density at radius 3 is 2.20 bits per heavy atom. The molecule has 0 bridgehead atoms. The molecular weight excluding hydrogens is 528 g/mol. The van der Waals surface area contributed by atoms with Crippen molar-refractivity contribution in [2.75, 3.05) is 25.0 Å². The number of nitrogens with zero attached hydrogens (tertiary/aromatic N) is 1. The highest BCUT2D eigenvalue weighted by atomic mass is 35.5. The van der Waals surface area contributed by atoms with E-state index >= 15 is 0 Å². The molecule has 0 saturated carbocycles. The summed E-state index contributed by atoms with van der Waals surface area (Å²) in [5, 5.41) is 24.3. The number of ether oxygens (including phenoxy) is 2. The van der Waals surface area contributed by atoms with Gasteiger partial charge in [0.1, 0.15) is 0 Å². The molecule has 2 saturated heterocycles. The molecular formula is C32H37ClN2O5. The molecule has 0 radical (unpaired) electrons. The van der Waals surface area contributed by atoms with Crippen LogP contribution in [0.25, 0.3) is 0 Å². The molecule has 0 aliphatic carbocycles. The van der Waals surface area contributed by atoms with Crippen molar-refractivity contribution in [3.8, 4) is 0 Å². The highest BCUT2D eigenvalue weighted by Gasteiger charge is 2.41. The van der Waals surface area contributed by atoms with Crippen molar-refractivity contribution in [3.63, 3.8) is 0 Å². The van der Waals surface area contributed by atoms with Crippen LogP contribution in [0.4, 0.5) is 5.69 Å². The minimum absolute atomic E-state index is 0.00626. The van der Waals surface area contributed by atoms with Crippen molar-refractivity contribution in [1.82, 2.24) is 4.90 Å². The molecule has 4 atom stereocenters. The van der Waals surface area contributed by atoms with Gasteiger partial charge in [0.25, 0.3) is 0 Å². The quantitative estimate of drug-likeness (QED) is 0.348. The molecule has 0 aromatic heterocycles. The number of aliphatic hydroxyl groups excluding tert-OH is 1. The maximum absolute atomic E-state index is 11.4. The number of carbonyl (C=O) groups excluding carboxylic acids is 1. The SMILES string of the molecule is CC(=O)Nc1ccc(C2OC(CN3CCC(O)(c4ccc(Cl)cc4)CC3)C(C)C(c3ccc(CO)cc3)O2)cc1. The van der Waals surface area contributed by atoms with Crippen molar-refractivity contribution in [2.24, 2.45) is 5.92 Å². The first-order valence-electron chi connectivity index (χ1n) is 13.8. The number of likely N-dealkylation sites (tertiary alicyclic amines) is 1. The highest BCUT2D eigenvalue weighted by Crippen LogP contribution is 2.42. The second-order valence-corrected chi connectivity index (χ2v) is 11.4. The number of nitrogens with one attached hydrogen (secondary N) is 1. The van der Waals surface area contributed by atoms with Gasteiger partial charge < -0.3 is 29.9 Å². The van der Waals surface area contributed by atoms with Gasteiger partial charge in [-0.25, -0.2) is 0 Å². The van der Waals surface area contributed by atoms with Crippen molar-refractivity contribution in [1.29, 1.82) is 0 Å². The summed E-state index contributed by atoms with van der Waals surface area (Å²) in [6.07, 6.45) is 0.366. The number of halogens is 1. The number of aliphatic hydroxyl groups is 2. The summed E-state index contributed by atoms with van der Waals surface area (Å²) >= 11 is 6.05. The molecule has 8 heteroatoms. The topological polar surface area (TPSA) is 91.3 Å². The van der Waals surface area contributed by atoms with Gasteiger partial charge >= 0.3 is 0 Å². The molecule has 212 valence electrons. The second kappa shape index (κ2) is 12.4. The molecule has 2 fully saturated rings. The van der Waals surface area contributed by atoms with Gasteiger partial charge in [-0.2, -0.15) is 0 Å². The first-order chi connectivity index (χ1) is 19.2. The fraction of sp³-hybridized carbons (Fsp3) is 0.406. The Kier molecular flexibility index (Phi) is 8.90. The lowest BCUT2D eigenvalue weighted by Crippen LogP contribution is -2.49. The number of anilines is 1. The summed E-state index contributed by atoms with van der Waals surface area (Å²) in [6, 6.07) is 22.9. The van der Waals surface area contributed by atoms with E-state index in [0.29, 0.717) is 24.4 Å². The molecule has 7 nitrogen and oxygen atoms in total. The summed E-state index contributed by atoms with van der Waals surface area (Å²) in [6.45, 7) is 5.84. The molecule has 40 heavy (non-hydrogen) atoms. The zero-order valence-electron chi connectivity index (χ0n) is 22.9. The number of carbonyl (C=O) groups is 1. The minimum atomic E-state index is -0.863. The van der Waals surface area contributed by atoms with E-state index in [-0.39, 0.29) is 30.6 Å². The normalized spacial score (nSPS) is 24.9. The number of rotatable bonds is 7. The molecule has 3 N–H and O–H groups in total. The number of amides is 1. The van der Waals surface area contributed by atoms with E-state index in [0.717, 1.165) is 41.0 Å². The van der Waals surface area contributed by atoms with Crippen molar-refractivity contribution in [3.05, 3.63) is 100 Å².